The number of benzene rings is 1. The number of aliphatic hydroxyl groups is 1. The van der Waals surface area contributed by atoms with Crippen molar-refractivity contribution in [3.63, 3.8) is 0 Å². The number of hydrogen-bond acceptors (Lipinski definition) is 2. The molecule has 0 heterocycles. The van der Waals surface area contributed by atoms with Crippen molar-refractivity contribution < 1.29 is 5.11 Å². The van der Waals surface area contributed by atoms with Crippen LogP contribution in [0, 0.1) is 0 Å². The Morgan fingerprint density at radius 3 is 2.13 bits per heavy atom. The molecule has 15 heavy (non-hydrogen) atoms. The first-order chi connectivity index (χ1) is 7.20. The van der Waals surface area contributed by atoms with Gasteiger partial charge in [-0.2, -0.15) is 0 Å². The van der Waals surface area contributed by atoms with Crippen LogP contribution in [0.2, 0.25) is 0 Å². The predicted octanol–water partition coefficient (Wildman–Crippen LogP) is 2.50. The Hall–Kier alpha value is -0.860. The van der Waals surface area contributed by atoms with Crippen LogP contribution < -0.4 is 5.32 Å². The maximum Gasteiger partial charge on any atom is 0.0971 e. The van der Waals surface area contributed by atoms with Crippen molar-refractivity contribution >= 4 is 0 Å². The largest absolute Gasteiger partial charge is 0.386 e. The Balaban J connectivity index is 2.95. The van der Waals surface area contributed by atoms with Crippen molar-refractivity contribution in [3.05, 3.63) is 35.9 Å². The lowest BCUT2D eigenvalue weighted by Crippen LogP contribution is -2.47. The van der Waals surface area contributed by atoms with Crippen LogP contribution in [0.15, 0.2) is 30.3 Å². The number of rotatable bonds is 5. The van der Waals surface area contributed by atoms with Crippen LogP contribution >= 0.6 is 0 Å². The zero-order chi connectivity index (χ0) is 11.3. The van der Waals surface area contributed by atoms with Gasteiger partial charge in [-0.15, -0.1) is 0 Å². The lowest BCUT2D eigenvalue weighted by atomic mass is 9.83. The highest BCUT2D eigenvalue weighted by molar-refractivity contribution is 5.21. The summed E-state index contributed by atoms with van der Waals surface area (Å²) in [6.45, 7) is 4.21. The monoisotopic (exact) mass is 207 g/mol. The van der Waals surface area contributed by atoms with Gasteiger partial charge in [0.25, 0.3) is 0 Å². The minimum atomic E-state index is -0.446. The van der Waals surface area contributed by atoms with E-state index in [1.54, 1.807) is 0 Å². The fourth-order valence-electron chi connectivity index (χ4n) is 2.08. The average molecular weight is 207 g/mol. The second kappa shape index (κ2) is 5.29. The summed E-state index contributed by atoms with van der Waals surface area (Å²) in [5.41, 5.74) is 0.775. The van der Waals surface area contributed by atoms with E-state index in [4.69, 9.17) is 0 Å². The van der Waals surface area contributed by atoms with Crippen LogP contribution in [-0.2, 0) is 0 Å². The van der Waals surface area contributed by atoms with E-state index in [0.717, 1.165) is 18.4 Å². The molecule has 0 spiro atoms. The van der Waals surface area contributed by atoms with Crippen LogP contribution in [0.25, 0.3) is 0 Å². The first kappa shape index (κ1) is 12.2. The zero-order valence-electron chi connectivity index (χ0n) is 9.83. The van der Waals surface area contributed by atoms with Gasteiger partial charge in [0.05, 0.1) is 6.10 Å². The molecule has 0 saturated carbocycles. The third-order valence-electron chi connectivity index (χ3n) is 3.40. The SMILES string of the molecule is CCC(CC)(NC)C(O)c1ccccc1. The molecule has 0 radical (unpaired) electrons. The fraction of sp³-hybridized carbons (Fsp3) is 0.538. The minimum Gasteiger partial charge on any atom is -0.386 e. The van der Waals surface area contributed by atoms with E-state index in [-0.39, 0.29) is 5.54 Å². The average Bonchev–Trinajstić information content (AvgIpc) is 2.33. The summed E-state index contributed by atoms with van der Waals surface area (Å²) in [4.78, 5) is 0. The molecule has 0 amide bonds. The summed E-state index contributed by atoms with van der Waals surface area (Å²) in [6, 6.07) is 9.84. The van der Waals surface area contributed by atoms with Gasteiger partial charge in [0.2, 0.25) is 0 Å². The summed E-state index contributed by atoms with van der Waals surface area (Å²) in [7, 11) is 1.92. The Morgan fingerprint density at radius 2 is 1.73 bits per heavy atom. The fourth-order valence-corrected chi connectivity index (χ4v) is 2.08. The van der Waals surface area contributed by atoms with Crippen LogP contribution in [0.3, 0.4) is 0 Å². The van der Waals surface area contributed by atoms with Crippen LogP contribution in [0.1, 0.15) is 38.4 Å². The highest BCUT2D eigenvalue weighted by atomic mass is 16.3. The van der Waals surface area contributed by atoms with Crippen molar-refractivity contribution in [1.29, 1.82) is 0 Å². The van der Waals surface area contributed by atoms with E-state index in [1.807, 2.05) is 37.4 Å². The second-order valence-corrected chi connectivity index (χ2v) is 3.93. The molecule has 1 aromatic carbocycles. The predicted molar refractivity (Wildman–Crippen MR) is 63.8 cm³/mol. The highest BCUT2D eigenvalue weighted by Gasteiger charge is 2.33. The standard InChI is InChI=1S/C13H21NO/c1-4-13(5-2,14-3)12(15)11-9-7-6-8-10-11/h6-10,12,14-15H,4-5H2,1-3H3. The lowest BCUT2D eigenvalue weighted by Gasteiger charge is -2.36. The van der Waals surface area contributed by atoms with Gasteiger partial charge in [0.15, 0.2) is 0 Å². The van der Waals surface area contributed by atoms with Crippen molar-refractivity contribution in [2.45, 2.75) is 38.3 Å². The molecule has 84 valence electrons. The number of hydrogen-bond donors (Lipinski definition) is 2. The molecule has 0 saturated heterocycles. The molecule has 0 fully saturated rings. The van der Waals surface area contributed by atoms with Crippen LogP contribution in [0.4, 0.5) is 0 Å². The van der Waals surface area contributed by atoms with Crippen molar-refractivity contribution in [3.8, 4) is 0 Å². The molecule has 0 aromatic heterocycles. The maximum absolute atomic E-state index is 10.4. The van der Waals surface area contributed by atoms with Crippen LogP contribution in [0.5, 0.6) is 0 Å². The summed E-state index contributed by atoms with van der Waals surface area (Å²) < 4.78 is 0. The Labute approximate surface area is 92.3 Å². The van der Waals surface area contributed by atoms with E-state index in [2.05, 4.69) is 19.2 Å². The highest BCUT2D eigenvalue weighted by Crippen LogP contribution is 2.31. The van der Waals surface area contributed by atoms with Gasteiger partial charge in [-0.1, -0.05) is 44.2 Å². The summed E-state index contributed by atoms with van der Waals surface area (Å²) in [6.07, 6.45) is 1.38. The topological polar surface area (TPSA) is 32.3 Å². The first-order valence-corrected chi connectivity index (χ1v) is 5.62. The lowest BCUT2D eigenvalue weighted by molar-refractivity contribution is 0.0570. The van der Waals surface area contributed by atoms with Gasteiger partial charge in [-0.3, -0.25) is 0 Å². The summed E-state index contributed by atoms with van der Waals surface area (Å²) in [5, 5.41) is 13.6. The molecule has 1 unspecified atom stereocenters. The van der Waals surface area contributed by atoms with Gasteiger partial charge in [-0.05, 0) is 25.5 Å². The quantitative estimate of drug-likeness (QED) is 0.777. The number of likely N-dealkylation sites (N-methyl/N-ethyl adjacent to an activating group) is 1. The molecule has 1 aromatic rings. The molecule has 1 rings (SSSR count). The van der Waals surface area contributed by atoms with Gasteiger partial charge >= 0.3 is 0 Å². The zero-order valence-corrected chi connectivity index (χ0v) is 9.83. The van der Waals surface area contributed by atoms with Gasteiger partial charge in [0.1, 0.15) is 0 Å². The molecule has 0 bridgehead atoms. The number of nitrogens with one attached hydrogen (secondary N) is 1. The Morgan fingerprint density at radius 1 is 1.20 bits per heavy atom. The smallest absolute Gasteiger partial charge is 0.0971 e. The number of aliphatic hydroxyl groups excluding tert-OH is 1. The molecule has 0 aliphatic heterocycles. The second-order valence-electron chi connectivity index (χ2n) is 3.93. The molecule has 0 aliphatic carbocycles. The first-order valence-electron chi connectivity index (χ1n) is 5.62. The summed E-state index contributed by atoms with van der Waals surface area (Å²) >= 11 is 0. The Bertz CT molecular complexity index is 272. The third kappa shape index (κ3) is 2.39. The van der Waals surface area contributed by atoms with E-state index >= 15 is 0 Å². The minimum absolute atomic E-state index is 0.207. The van der Waals surface area contributed by atoms with Crippen molar-refractivity contribution in [2.75, 3.05) is 7.05 Å². The van der Waals surface area contributed by atoms with Gasteiger partial charge in [0, 0.05) is 5.54 Å². The molecular formula is C13H21NO. The molecule has 2 N–H and O–H groups in total. The molecular weight excluding hydrogens is 186 g/mol. The van der Waals surface area contributed by atoms with Gasteiger partial charge < -0.3 is 10.4 Å². The van der Waals surface area contributed by atoms with Crippen LogP contribution in [-0.4, -0.2) is 17.7 Å². The molecule has 2 nitrogen and oxygen atoms in total. The van der Waals surface area contributed by atoms with E-state index in [0.29, 0.717) is 0 Å². The normalized spacial score (nSPS) is 13.9. The van der Waals surface area contributed by atoms with E-state index < -0.39 is 6.10 Å². The van der Waals surface area contributed by atoms with E-state index in [9.17, 15) is 5.11 Å². The summed E-state index contributed by atoms with van der Waals surface area (Å²) in [5.74, 6) is 0. The maximum atomic E-state index is 10.4. The molecule has 1 atom stereocenters. The van der Waals surface area contributed by atoms with Crippen molar-refractivity contribution in [1.82, 2.24) is 5.32 Å². The van der Waals surface area contributed by atoms with Gasteiger partial charge in [-0.25, -0.2) is 0 Å². The molecule has 0 aliphatic rings. The van der Waals surface area contributed by atoms with E-state index in [1.165, 1.54) is 0 Å². The third-order valence-corrected chi connectivity index (χ3v) is 3.40. The Kier molecular flexibility index (Phi) is 4.30. The van der Waals surface area contributed by atoms with Crippen molar-refractivity contribution in [2.24, 2.45) is 0 Å². The molecule has 2 heteroatoms.